The van der Waals surface area contributed by atoms with Gasteiger partial charge in [0.05, 0.1) is 19.1 Å². The lowest BCUT2D eigenvalue weighted by Gasteiger charge is -2.23. The van der Waals surface area contributed by atoms with Gasteiger partial charge in [0.2, 0.25) is 5.91 Å². The van der Waals surface area contributed by atoms with E-state index in [9.17, 15) is 4.79 Å². The Hall–Kier alpha value is -1.12. The minimum absolute atomic E-state index is 0.0644. The number of hydrogen-bond donors (Lipinski definition) is 1. The van der Waals surface area contributed by atoms with Gasteiger partial charge in [-0.25, -0.2) is 0 Å². The average Bonchev–Trinajstić information content (AvgIpc) is 2.35. The van der Waals surface area contributed by atoms with Crippen LogP contribution in [-0.4, -0.2) is 44.2 Å². The van der Waals surface area contributed by atoms with Crippen LogP contribution in [0.15, 0.2) is 0 Å². The third kappa shape index (κ3) is 6.93. The van der Waals surface area contributed by atoms with Gasteiger partial charge in [0, 0.05) is 26.6 Å². The molecule has 0 aromatic carbocycles. The number of amides is 1. The van der Waals surface area contributed by atoms with E-state index in [2.05, 4.69) is 6.07 Å². The van der Waals surface area contributed by atoms with Gasteiger partial charge >= 0.3 is 0 Å². The summed E-state index contributed by atoms with van der Waals surface area (Å²) in [5.74, 6) is 0.296. The molecule has 0 spiro atoms. The molecule has 0 radical (unpaired) electrons. The lowest BCUT2D eigenvalue weighted by Crippen LogP contribution is -2.36. The molecular formula is C12H23N3O2. The first-order valence-electron chi connectivity index (χ1n) is 6.03. The van der Waals surface area contributed by atoms with Gasteiger partial charge in [0.15, 0.2) is 0 Å². The third-order valence-electron chi connectivity index (χ3n) is 2.79. The summed E-state index contributed by atoms with van der Waals surface area (Å²) >= 11 is 0. The third-order valence-corrected chi connectivity index (χ3v) is 2.79. The second-order valence-corrected chi connectivity index (χ2v) is 4.00. The quantitative estimate of drug-likeness (QED) is 0.646. The van der Waals surface area contributed by atoms with Crippen molar-refractivity contribution in [2.45, 2.75) is 26.2 Å². The van der Waals surface area contributed by atoms with Crippen LogP contribution in [0.3, 0.4) is 0 Å². The molecule has 1 unspecified atom stereocenters. The van der Waals surface area contributed by atoms with Crippen LogP contribution in [0.5, 0.6) is 0 Å². The van der Waals surface area contributed by atoms with Crippen molar-refractivity contribution in [3.05, 3.63) is 0 Å². The van der Waals surface area contributed by atoms with Crippen LogP contribution >= 0.6 is 0 Å². The summed E-state index contributed by atoms with van der Waals surface area (Å²) in [6.45, 7) is 4.06. The number of ether oxygens (including phenoxy) is 1. The minimum atomic E-state index is 0.0644. The van der Waals surface area contributed by atoms with E-state index in [4.69, 9.17) is 15.7 Å². The molecule has 0 aliphatic rings. The van der Waals surface area contributed by atoms with Crippen LogP contribution in [0.1, 0.15) is 26.2 Å². The highest BCUT2D eigenvalue weighted by atomic mass is 16.5. The molecule has 2 N–H and O–H groups in total. The number of nitriles is 1. The molecule has 0 heterocycles. The molecule has 0 saturated carbocycles. The average molecular weight is 241 g/mol. The molecule has 0 fully saturated rings. The molecule has 0 aliphatic heterocycles. The van der Waals surface area contributed by atoms with E-state index in [1.165, 1.54) is 0 Å². The molecule has 0 saturated heterocycles. The van der Waals surface area contributed by atoms with E-state index < -0.39 is 0 Å². The molecule has 0 rings (SSSR count). The fourth-order valence-electron chi connectivity index (χ4n) is 1.52. The summed E-state index contributed by atoms with van der Waals surface area (Å²) in [6.07, 6.45) is 1.72. The zero-order valence-corrected chi connectivity index (χ0v) is 10.8. The second-order valence-electron chi connectivity index (χ2n) is 4.00. The maximum Gasteiger partial charge on any atom is 0.223 e. The van der Waals surface area contributed by atoms with Gasteiger partial charge < -0.3 is 15.4 Å². The molecule has 0 aromatic rings. The van der Waals surface area contributed by atoms with Gasteiger partial charge in [-0.15, -0.1) is 0 Å². The summed E-state index contributed by atoms with van der Waals surface area (Å²) in [4.78, 5) is 13.7. The number of hydrogen-bond acceptors (Lipinski definition) is 4. The lowest BCUT2D eigenvalue weighted by atomic mass is 10.0. The smallest absolute Gasteiger partial charge is 0.223 e. The number of carbonyl (C=O) groups is 1. The predicted octanol–water partition coefficient (Wildman–Crippen LogP) is 0.750. The Balaban J connectivity index is 4.24. The first kappa shape index (κ1) is 15.9. The van der Waals surface area contributed by atoms with Crippen molar-refractivity contribution in [2.75, 3.05) is 33.4 Å². The summed E-state index contributed by atoms with van der Waals surface area (Å²) < 4.78 is 4.96. The molecule has 5 heteroatoms. The largest absolute Gasteiger partial charge is 0.383 e. The van der Waals surface area contributed by atoms with Gasteiger partial charge in [0.25, 0.3) is 0 Å². The Morgan fingerprint density at radius 3 is 2.71 bits per heavy atom. The summed E-state index contributed by atoms with van der Waals surface area (Å²) in [7, 11) is 1.60. The van der Waals surface area contributed by atoms with Crippen molar-refractivity contribution in [3.8, 4) is 6.07 Å². The molecule has 1 amide bonds. The highest BCUT2D eigenvalue weighted by Crippen LogP contribution is 2.09. The van der Waals surface area contributed by atoms with E-state index in [0.29, 0.717) is 39.1 Å². The van der Waals surface area contributed by atoms with Gasteiger partial charge in [-0.2, -0.15) is 5.26 Å². The van der Waals surface area contributed by atoms with Gasteiger partial charge in [-0.1, -0.05) is 13.3 Å². The Morgan fingerprint density at radius 2 is 2.24 bits per heavy atom. The Morgan fingerprint density at radius 1 is 1.53 bits per heavy atom. The van der Waals surface area contributed by atoms with E-state index in [-0.39, 0.29) is 11.8 Å². The molecule has 1 atom stereocenters. The highest BCUT2D eigenvalue weighted by Gasteiger charge is 2.16. The maximum atomic E-state index is 12.0. The standard InChI is InChI=1S/C12H23N3O2/c1-3-11(10-14)9-12(16)15(6-4-5-13)7-8-17-2/h11H,3-4,6-10,14H2,1-2H3. The van der Waals surface area contributed by atoms with Crippen molar-refractivity contribution in [2.24, 2.45) is 11.7 Å². The fraction of sp³-hybridized carbons (Fsp3) is 0.833. The second kappa shape index (κ2) is 10.1. The zero-order chi connectivity index (χ0) is 13.1. The molecule has 0 bridgehead atoms. The topological polar surface area (TPSA) is 79.4 Å². The first-order valence-corrected chi connectivity index (χ1v) is 6.03. The van der Waals surface area contributed by atoms with Crippen LogP contribution in [0, 0.1) is 17.2 Å². The normalized spacial score (nSPS) is 11.9. The Labute approximate surface area is 104 Å². The van der Waals surface area contributed by atoms with E-state index >= 15 is 0 Å². The van der Waals surface area contributed by atoms with Crippen LogP contribution < -0.4 is 5.73 Å². The summed E-state index contributed by atoms with van der Waals surface area (Å²) in [5.41, 5.74) is 5.58. The van der Waals surface area contributed by atoms with Crippen molar-refractivity contribution >= 4 is 5.91 Å². The van der Waals surface area contributed by atoms with E-state index in [1.807, 2.05) is 6.92 Å². The first-order chi connectivity index (χ1) is 8.19. The Bertz CT molecular complexity index is 247. The Kier molecular flexibility index (Phi) is 9.40. The zero-order valence-electron chi connectivity index (χ0n) is 10.8. The van der Waals surface area contributed by atoms with E-state index in [1.54, 1.807) is 12.0 Å². The molecule has 98 valence electrons. The predicted molar refractivity (Wildman–Crippen MR) is 66.1 cm³/mol. The minimum Gasteiger partial charge on any atom is -0.383 e. The number of carbonyl (C=O) groups excluding carboxylic acids is 1. The van der Waals surface area contributed by atoms with E-state index in [0.717, 1.165) is 6.42 Å². The van der Waals surface area contributed by atoms with Crippen molar-refractivity contribution in [3.63, 3.8) is 0 Å². The van der Waals surface area contributed by atoms with Crippen LogP contribution in [0.4, 0.5) is 0 Å². The van der Waals surface area contributed by atoms with Crippen molar-refractivity contribution < 1.29 is 9.53 Å². The number of nitrogens with zero attached hydrogens (tertiary/aromatic N) is 2. The number of methoxy groups -OCH3 is 1. The number of rotatable bonds is 9. The highest BCUT2D eigenvalue weighted by molar-refractivity contribution is 5.76. The fourth-order valence-corrected chi connectivity index (χ4v) is 1.52. The van der Waals surface area contributed by atoms with Crippen molar-refractivity contribution in [1.82, 2.24) is 4.90 Å². The van der Waals surface area contributed by atoms with Gasteiger partial charge in [-0.3, -0.25) is 4.79 Å². The monoisotopic (exact) mass is 241 g/mol. The maximum absolute atomic E-state index is 12.0. The molecular weight excluding hydrogens is 218 g/mol. The number of nitrogens with two attached hydrogens (primary N) is 1. The van der Waals surface area contributed by atoms with Crippen molar-refractivity contribution in [1.29, 1.82) is 5.26 Å². The molecule has 17 heavy (non-hydrogen) atoms. The molecule has 0 aliphatic carbocycles. The SMILES string of the molecule is CCC(CN)CC(=O)N(CCC#N)CCOC. The van der Waals surface area contributed by atoms with Crippen LogP contribution in [-0.2, 0) is 9.53 Å². The summed E-state index contributed by atoms with van der Waals surface area (Å²) in [6, 6.07) is 2.05. The summed E-state index contributed by atoms with van der Waals surface area (Å²) in [5, 5.41) is 8.56. The van der Waals surface area contributed by atoms with Gasteiger partial charge in [0.1, 0.15) is 0 Å². The lowest BCUT2D eigenvalue weighted by molar-refractivity contribution is -0.132. The van der Waals surface area contributed by atoms with Crippen LogP contribution in [0.2, 0.25) is 0 Å². The van der Waals surface area contributed by atoms with Gasteiger partial charge in [-0.05, 0) is 12.5 Å². The van der Waals surface area contributed by atoms with Crippen LogP contribution in [0.25, 0.3) is 0 Å². The molecule has 0 aromatic heterocycles. The molecule has 5 nitrogen and oxygen atoms in total.